The Bertz CT molecular complexity index is 1410. The Balaban J connectivity index is 1.62. The molecule has 0 aliphatic heterocycles. The highest BCUT2D eigenvalue weighted by Crippen LogP contribution is 2.37. The van der Waals surface area contributed by atoms with Crippen LogP contribution in [0.2, 0.25) is 0 Å². The van der Waals surface area contributed by atoms with E-state index in [4.69, 9.17) is 13.9 Å². The number of furan rings is 1. The zero-order chi connectivity index (χ0) is 25.7. The second-order valence-electron chi connectivity index (χ2n) is 8.41. The summed E-state index contributed by atoms with van der Waals surface area (Å²) in [4.78, 5) is 24.6. The van der Waals surface area contributed by atoms with Gasteiger partial charge in [-0.3, -0.25) is 4.79 Å². The fraction of sp³-hybridized carbons (Fsp3) is 0.200. The van der Waals surface area contributed by atoms with Gasteiger partial charge in [0.2, 0.25) is 5.91 Å². The Morgan fingerprint density at radius 1 is 0.972 bits per heavy atom. The minimum atomic E-state index is -0.394. The highest BCUT2D eigenvalue weighted by Gasteiger charge is 2.15. The number of esters is 1. The Labute approximate surface area is 210 Å². The lowest BCUT2D eigenvalue weighted by molar-refractivity contribution is -0.111. The minimum Gasteiger partial charge on any atom is -0.493 e. The van der Waals surface area contributed by atoms with Crippen molar-refractivity contribution in [2.45, 2.75) is 27.7 Å². The van der Waals surface area contributed by atoms with Crippen molar-refractivity contribution in [3.05, 3.63) is 89.7 Å². The van der Waals surface area contributed by atoms with Gasteiger partial charge in [0.25, 0.3) is 0 Å². The number of hydrogen-bond donors (Lipinski definition) is 1. The number of anilines is 1. The number of benzene rings is 3. The quantitative estimate of drug-likeness (QED) is 0.215. The van der Waals surface area contributed by atoms with E-state index >= 15 is 0 Å². The number of fused-ring (bicyclic) bond motifs is 1. The third-order valence-corrected chi connectivity index (χ3v) is 5.77. The number of aryl methyl sites for hydroxylation is 1. The van der Waals surface area contributed by atoms with E-state index in [2.05, 4.69) is 36.5 Å². The third-order valence-electron chi connectivity index (χ3n) is 5.77. The third kappa shape index (κ3) is 5.49. The molecule has 184 valence electrons. The fourth-order valence-electron chi connectivity index (χ4n) is 3.95. The standard InChI is InChI=1S/C30H29NO5/c1-5-34-27-17-28-25(26(18-36-28)21-9-7-19(3)8-10-21)16-24(27)20(4)15-29(32)31-23-13-11-22(12-14-23)30(33)35-6-2/h7-18H,5-6H2,1-4H3,(H,31,32)/b20-15+. The molecule has 4 aromatic rings. The molecule has 0 aliphatic carbocycles. The predicted molar refractivity (Wildman–Crippen MR) is 142 cm³/mol. The van der Waals surface area contributed by atoms with E-state index in [0.717, 1.165) is 33.2 Å². The first-order valence-electron chi connectivity index (χ1n) is 11.9. The molecule has 1 heterocycles. The summed E-state index contributed by atoms with van der Waals surface area (Å²) in [6.45, 7) is 8.39. The van der Waals surface area contributed by atoms with Crippen LogP contribution in [0.5, 0.6) is 5.75 Å². The molecule has 0 aliphatic rings. The Morgan fingerprint density at radius 3 is 2.36 bits per heavy atom. The Morgan fingerprint density at radius 2 is 1.69 bits per heavy atom. The SMILES string of the molecule is CCOC(=O)c1ccc(NC(=O)/C=C(\C)c2cc3c(-c4ccc(C)cc4)coc3cc2OCC)cc1. The fourth-order valence-corrected chi connectivity index (χ4v) is 3.95. The van der Waals surface area contributed by atoms with Crippen LogP contribution < -0.4 is 10.1 Å². The summed E-state index contributed by atoms with van der Waals surface area (Å²) in [6, 6.07) is 18.7. The number of carbonyl (C=O) groups is 2. The lowest BCUT2D eigenvalue weighted by atomic mass is 9.98. The summed E-state index contributed by atoms with van der Waals surface area (Å²) < 4.78 is 16.7. The average molecular weight is 484 g/mol. The van der Waals surface area contributed by atoms with Gasteiger partial charge in [-0.1, -0.05) is 29.8 Å². The molecule has 36 heavy (non-hydrogen) atoms. The van der Waals surface area contributed by atoms with Crippen molar-refractivity contribution in [3.63, 3.8) is 0 Å². The molecule has 0 spiro atoms. The summed E-state index contributed by atoms with van der Waals surface area (Å²) in [5.41, 5.74) is 6.51. The molecule has 0 saturated heterocycles. The van der Waals surface area contributed by atoms with Gasteiger partial charge in [0, 0.05) is 34.3 Å². The highest BCUT2D eigenvalue weighted by atomic mass is 16.5. The molecule has 6 nitrogen and oxygen atoms in total. The van der Waals surface area contributed by atoms with Gasteiger partial charge in [0.1, 0.15) is 11.3 Å². The molecular formula is C30H29NO5. The van der Waals surface area contributed by atoms with Crippen LogP contribution in [-0.4, -0.2) is 25.1 Å². The maximum Gasteiger partial charge on any atom is 0.338 e. The first-order valence-corrected chi connectivity index (χ1v) is 11.9. The van der Waals surface area contributed by atoms with Crippen LogP contribution in [0.1, 0.15) is 42.3 Å². The van der Waals surface area contributed by atoms with Gasteiger partial charge in [-0.25, -0.2) is 4.79 Å². The van der Waals surface area contributed by atoms with Crippen LogP contribution in [0, 0.1) is 6.92 Å². The van der Waals surface area contributed by atoms with E-state index in [0.29, 0.717) is 30.2 Å². The average Bonchev–Trinajstić information content (AvgIpc) is 3.27. The molecule has 0 radical (unpaired) electrons. The zero-order valence-electron chi connectivity index (χ0n) is 20.9. The topological polar surface area (TPSA) is 77.8 Å². The number of nitrogens with one attached hydrogen (secondary N) is 1. The summed E-state index contributed by atoms with van der Waals surface area (Å²) in [6.07, 6.45) is 3.29. The Kier molecular flexibility index (Phi) is 7.54. The van der Waals surface area contributed by atoms with E-state index in [9.17, 15) is 9.59 Å². The summed E-state index contributed by atoms with van der Waals surface area (Å²) >= 11 is 0. The molecule has 3 aromatic carbocycles. The van der Waals surface area contributed by atoms with Crippen LogP contribution in [0.3, 0.4) is 0 Å². The van der Waals surface area contributed by atoms with E-state index < -0.39 is 5.97 Å². The second-order valence-corrected chi connectivity index (χ2v) is 8.41. The van der Waals surface area contributed by atoms with Crippen molar-refractivity contribution >= 4 is 34.1 Å². The molecule has 0 atom stereocenters. The summed E-state index contributed by atoms with van der Waals surface area (Å²) in [5, 5.41) is 3.78. The second kappa shape index (κ2) is 11.0. The van der Waals surface area contributed by atoms with Crippen LogP contribution in [-0.2, 0) is 9.53 Å². The largest absolute Gasteiger partial charge is 0.493 e. The zero-order valence-corrected chi connectivity index (χ0v) is 20.9. The minimum absolute atomic E-state index is 0.287. The van der Waals surface area contributed by atoms with Gasteiger partial charge in [-0.2, -0.15) is 0 Å². The molecule has 1 aromatic heterocycles. The lowest BCUT2D eigenvalue weighted by Gasteiger charge is -2.12. The van der Waals surface area contributed by atoms with Crippen LogP contribution >= 0.6 is 0 Å². The highest BCUT2D eigenvalue weighted by molar-refractivity contribution is 6.05. The van der Waals surface area contributed by atoms with Gasteiger partial charge >= 0.3 is 5.97 Å². The first kappa shape index (κ1) is 24.8. The van der Waals surface area contributed by atoms with E-state index in [-0.39, 0.29) is 5.91 Å². The number of ether oxygens (including phenoxy) is 2. The number of amides is 1. The molecule has 0 unspecified atom stereocenters. The van der Waals surface area contributed by atoms with Crippen molar-refractivity contribution in [2.75, 3.05) is 18.5 Å². The van der Waals surface area contributed by atoms with Crippen LogP contribution in [0.15, 0.2) is 77.4 Å². The first-order chi connectivity index (χ1) is 17.4. The molecule has 6 heteroatoms. The van der Waals surface area contributed by atoms with Gasteiger partial charge in [0.05, 0.1) is 25.0 Å². The van der Waals surface area contributed by atoms with Gasteiger partial charge in [-0.05, 0) is 69.2 Å². The summed E-state index contributed by atoms with van der Waals surface area (Å²) in [5.74, 6) is -0.0331. The van der Waals surface area contributed by atoms with E-state index in [1.807, 2.05) is 26.0 Å². The van der Waals surface area contributed by atoms with Crippen molar-refractivity contribution in [2.24, 2.45) is 0 Å². The van der Waals surface area contributed by atoms with Gasteiger partial charge in [-0.15, -0.1) is 0 Å². The molecule has 1 N–H and O–H groups in total. The van der Waals surface area contributed by atoms with Crippen LogP contribution in [0.4, 0.5) is 5.69 Å². The van der Waals surface area contributed by atoms with E-state index in [1.54, 1.807) is 37.5 Å². The number of carbonyl (C=O) groups excluding carboxylic acids is 2. The number of rotatable bonds is 8. The van der Waals surface area contributed by atoms with Gasteiger partial charge < -0.3 is 19.2 Å². The van der Waals surface area contributed by atoms with Crippen LogP contribution in [0.25, 0.3) is 27.7 Å². The molecule has 1 amide bonds. The smallest absolute Gasteiger partial charge is 0.338 e. The molecular weight excluding hydrogens is 454 g/mol. The van der Waals surface area contributed by atoms with Crippen molar-refractivity contribution in [3.8, 4) is 16.9 Å². The predicted octanol–water partition coefficient (Wildman–Crippen LogP) is 7.03. The lowest BCUT2D eigenvalue weighted by Crippen LogP contribution is -2.09. The van der Waals surface area contributed by atoms with Gasteiger partial charge in [0.15, 0.2) is 0 Å². The maximum atomic E-state index is 12.8. The van der Waals surface area contributed by atoms with Crippen molar-refractivity contribution in [1.29, 1.82) is 0 Å². The molecule has 0 bridgehead atoms. The van der Waals surface area contributed by atoms with Crippen molar-refractivity contribution < 1.29 is 23.5 Å². The molecule has 4 rings (SSSR count). The maximum absolute atomic E-state index is 12.8. The monoisotopic (exact) mass is 483 g/mol. The van der Waals surface area contributed by atoms with E-state index in [1.165, 1.54) is 11.6 Å². The van der Waals surface area contributed by atoms with Crippen molar-refractivity contribution in [1.82, 2.24) is 0 Å². The summed E-state index contributed by atoms with van der Waals surface area (Å²) in [7, 11) is 0. The number of allylic oxidation sites excluding steroid dienone is 1. The molecule has 0 fully saturated rings. The normalized spacial score (nSPS) is 11.4. The number of hydrogen-bond acceptors (Lipinski definition) is 5. The Hall–Kier alpha value is -4.32. The molecule has 0 saturated carbocycles.